The van der Waals surface area contributed by atoms with Crippen molar-refractivity contribution in [3.63, 3.8) is 0 Å². The van der Waals surface area contributed by atoms with Crippen molar-refractivity contribution in [2.75, 3.05) is 24.4 Å². The molecule has 2 amide bonds. The molecule has 3 aromatic carbocycles. The van der Waals surface area contributed by atoms with Crippen molar-refractivity contribution in [2.24, 2.45) is 0 Å². The average Bonchev–Trinajstić information content (AvgIpc) is 3.04. The number of carbonyl (C=O) groups is 2. The van der Waals surface area contributed by atoms with E-state index in [-0.39, 0.29) is 11.3 Å². The maximum Gasteiger partial charge on any atom is 0.282 e. The Morgan fingerprint density at radius 1 is 0.844 bits per heavy atom. The minimum Gasteiger partial charge on any atom is -0.495 e. The predicted molar refractivity (Wildman–Crippen MR) is 125 cm³/mol. The summed E-state index contributed by atoms with van der Waals surface area (Å²) in [6.07, 6.45) is 0. The number of carbonyl (C=O) groups excluding carboxylic acids is 2. The monoisotopic (exact) mass is 448 g/mol. The molecule has 0 fully saturated rings. The number of rotatable bonds is 6. The standard InChI is InChI=1S/C25H21ClN2O4/c1-15-8-13-21(32-3)19(14-15)28-24(29)22(16-9-11-17(26)12-10-16)23(25(28)30)27-18-6-4-5-7-20(18)31-2/h4-14,27H,1-3H3. The van der Waals surface area contributed by atoms with Crippen molar-refractivity contribution in [1.82, 2.24) is 0 Å². The number of nitrogens with one attached hydrogen (secondary N) is 1. The molecule has 1 N–H and O–H groups in total. The van der Waals surface area contributed by atoms with E-state index < -0.39 is 11.8 Å². The molecular formula is C25H21ClN2O4. The van der Waals surface area contributed by atoms with Gasteiger partial charge in [-0.3, -0.25) is 9.59 Å². The van der Waals surface area contributed by atoms with Crippen molar-refractivity contribution >= 4 is 40.4 Å². The molecule has 162 valence electrons. The van der Waals surface area contributed by atoms with Crippen molar-refractivity contribution in [3.8, 4) is 11.5 Å². The Morgan fingerprint density at radius 2 is 1.53 bits per heavy atom. The third kappa shape index (κ3) is 3.81. The van der Waals surface area contributed by atoms with Crippen molar-refractivity contribution in [1.29, 1.82) is 0 Å². The molecule has 0 saturated heterocycles. The highest BCUT2D eigenvalue weighted by atomic mass is 35.5. The molecule has 0 spiro atoms. The zero-order valence-electron chi connectivity index (χ0n) is 17.8. The fraction of sp³-hybridized carbons (Fsp3) is 0.120. The Balaban J connectivity index is 1.87. The Morgan fingerprint density at radius 3 is 2.22 bits per heavy atom. The van der Waals surface area contributed by atoms with Gasteiger partial charge in [-0.15, -0.1) is 0 Å². The first-order valence-corrected chi connectivity index (χ1v) is 10.3. The molecule has 0 saturated carbocycles. The quantitative estimate of drug-likeness (QED) is 0.534. The Labute approximate surface area is 191 Å². The second-order valence-electron chi connectivity index (χ2n) is 7.20. The summed E-state index contributed by atoms with van der Waals surface area (Å²) in [7, 11) is 3.04. The molecule has 0 aliphatic carbocycles. The number of imide groups is 1. The van der Waals surface area contributed by atoms with Crippen molar-refractivity contribution in [3.05, 3.63) is 88.6 Å². The molecule has 3 aromatic rings. The molecule has 0 atom stereocenters. The summed E-state index contributed by atoms with van der Waals surface area (Å²) >= 11 is 6.04. The molecule has 1 heterocycles. The lowest BCUT2D eigenvalue weighted by atomic mass is 10.0. The Bertz CT molecular complexity index is 1230. The van der Waals surface area contributed by atoms with Gasteiger partial charge in [0.2, 0.25) is 0 Å². The number of amides is 2. The molecule has 1 aliphatic rings. The van der Waals surface area contributed by atoms with Crippen LogP contribution in [0.5, 0.6) is 11.5 Å². The van der Waals surface area contributed by atoms with E-state index in [2.05, 4.69) is 5.32 Å². The first-order valence-electron chi connectivity index (χ1n) is 9.88. The van der Waals surface area contributed by atoms with Gasteiger partial charge in [0, 0.05) is 5.02 Å². The summed E-state index contributed by atoms with van der Waals surface area (Å²) < 4.78 is 10.8. The number of hydrogen-bond acceptors (Lipinski definition) is 5. The van der Waals surface area contributed by atoms with Gasteiger partial charge in [-0.2, -0.15) is 0 Å². The van der Waals surface area contributed by atoms with E-state index in [0.717, 1.165) is 10.5 Å². The Kier molecular flexibility index (Phi) is 5.88. The van der Waals surface area contributed by atoms with Crippen LogP contribution < -0.4 is 19.7 Å². The summed E-state index contributed by atoms with van der Waals surface area (Å²) in [6, 6.07) is 19.3. The number of methoxy groups -OCH3 is 2. The van der Waals surface area contributed by atoms with E-state index in [1.54, 1.807) is 55.6 Å². The SMILES string of the molecule is COc1ccccc1NC1=C(c2ccc(Cl)cc2)C(=O)N(c2cc(C)ccc2OC)C1=O. The maximum absolute atomic E-state index is 13.6. The maximum atomic E-state index is 13.6. The number of nitrogens with zero attached hydrogens (tertiary/aromatic N) is 1. The third-order valence-electron chi connectivity index (χ3n) is 5.16. The van der Waals surface area contributed by atoms with Crippen molar-refractivity contribution in [2.45, 2.75) is 6.92 Å². The van der Waals surface area contributed by atoms with Crippen LogP contribution in [0.25, 0.3) is 5.57 Å². The number of para-hydroxylation sites is 2. The zero-order valence-corrected chi connectivity index (χ0v) is 18.6. The van der Waals surface area contributed by atoms with Gasteiger partial charge >= 0.3 is 0 Å². The normalized spacial score (nSPS) is 13.6. The molecule has 7 heteroatoms. The van der Waals surface area contributed by atoms with Crippen LogP contribution in [0.3, 0.4) is 0 Å². The number of benzene rings is 3. The molecule has 6 nitrogen and oxygen atoms in total. The minimum atomic E-state index is -0.491. The number of ether oxygens (including phenoxy) is 2. The molecule has 32 heavy (non-hydrogen) atoms. The minimum absolute atomic E-state index is 0.144. The highest BCUT2D eigenvalue weighted by molar-refractivity contribution is 6.46. The third-order valence-corrected chi connectivity index (χ3v) is 5.41. The van der Waals surface area contributed by atoms with Crippen LogP contribution in [-0.2, 0) is 9.59 Å². The molecular weight excluding hydrogens is 428 g/mol. The van der Waals surface area contributed by atoms with E-state index in [0.29, 0.717) is 33.5 Å². The largest absolute Gasteiger partial charge is 0.495 e. The van der Waals surface area contributed by atoms with Gasteiger partial charge in [0.15, 0.2) is 0 Å². The lowest BCUT2D eigenvalue weighted by Crippen LogP contribution is -2.32. The number of anilines is 2. The molecule has 0 unspecified atom stereocenters. The van der Waals surface area contributed by atoms with Crippen LogP contribution >= 0.6 is 11.6 Å². The van der Waals surface area contributed by atoms with Crippen LogP contribution in [0, 0.1) is 6.92 Å². The van der Waals surface area contributed by atoms with E-state index in [1.807, 2.05) is 25.1 Å². The van der Waals surface area contributed by atoms with Gasteiger partial charge in [-0.25, -0.2) is 4.90 Å². The molecule has 0 aromatic heterocycles. The van der Waals surface area contributed by atoms with E-state index in [4.69, 9.17) is 21.1 Å². The highest BCUT2D eigenvalue weighted by Crippen LogP contribution is 2.39. The van der Waals surface area contributed by atoms with E-state index in [9.17, 15) is 9.59 Å². The molecule has 1 aliphatic heterocycles. The second kappa shape index (κ2) is 8.77. The first-order chi connectivity index (χ1) is 15.4. The van der Waals surface area contributed by atoms with Crippen LogP contribution in [0.1, 0.15) is 11.1 Å². The fourth-order valence-corrected chi connectivity index (χ4v) is 3.73. The summed E-state index contributed by atoms with van der Waals surface area (Å²) in [6.45, 7) is 1.88. The molecule has 4 rings (SSSR count). The summed E-state index contributed by atoms with van der Waals surface area (Å²) in [5.41, 5.74) is 2.79. The zero-order chi connectivity index (χ0) is 22.8. The van der Waals surface area contributed by atoms with Crippen LogP contribution in [-0.4, -0.2) is 26.0 Å². The van der Waals surface area contributed by atoms with Gasteiger partial charge in [0.25, 0.3) is 11.8 Å². The number of hydrogen-bond donors (Lipinski definition) is 1. The van der Waals surface area contributed by atoms with Gasteiger partial charge in [0.05, 0.1) is 31.2 Å². The number of aryl methyl sites for hydroxylation is 1. The first kappa shape index (κ1) is 21.5. The molecule has 0 bridgehead atoms. The lowest BCUT2D eigenvalue weighted by Gasteiger charge is -2.19. The second-order valence-corrected chi connectivity index (χ2v) is 7.64. The van der Waals surface area contributed by atoms with Gasteiger partial charge in [-0.1, -0.05) is 41.9 Å². The smallest absolute Gasteiger partial charge is 0.282 e. The lowest BCUT2D eigenvalue weighted by molar-refractivity contribution is -0.120. The van der Waals surface area contributed by atoms with E-state index >= 15 is 0 Å². The predicted octanol–water partition coefficient (Wildman–Crippen LogP) is 5.06. The van der Waals surface area contributed by atoms with E-state index in [1.165, 1.54) is 7.11 Å². The van der Waals surface area contributed by atoms with Gasteiger partial charge in [0.1, 0.15) is 17.2 Å². The summed E-state index contributed by atoms with van der Waals surface area (Å²) in [5, 5.41) is 3.65. The summed E-state index contributed by atoms with van der Waals surface area (Å²) in [4.78, 5) is 28.4. The van der Waals surface area contributed by atoms with Gasteiger partial charge < -0.3 is 14.8 Å². The highest BCUT2D eigenvalue weighted by Gasteiger charge is 2.41. The van der Waals surface area contributed by atoms with Crippen LogP contribution in [0.15, 0.2) is 72.4 Å². The van der Waals surface area contributed by atoms with Gasteiger partial charge in [-0.05, 0) is 54.4 Å². The van der Waals surface area contributed by atoms with Crippen molar-refractivity contribution < 1.29 is 19.1 Å². The van der Waals surface area contributed by atoms with Crippen LogP contribution in [0.4, 0.5) is 11.4 Å². The topological polar surface area (TPSA) is 67.9 Å². The average molecular weight is 449 g/mol. The molecule has 0 radical (unpaired) electrons. The fourth-order valence-electron chi connectivity index (χ4n) is 3.61. The Hall–Kier alpha value is -3.77. The number of halogens is 1. The summed E-state index contributed by atoms with van der Waals surface area (Å²) in [5.74, 6) is 0.0157. The van der Waals surface area contributed by atoms with Crippen LogP contribution in [0.2, 0.25) is 5.02 Å².